The van der Waals surface area contributed by atoms with Gasteiger partial charge in [-0.15, -0.1) is 0 Å². The van der Waals surface area contributed by atoms with Crippen molar-refractivity contribution in [1.29, 1.82) is 5.26 Å². The van der Waals surface area contributed by atoms with Crippen LogP contribution in [0, 0.1) is 17.1 Å². The number of fused-ring (bicyclic) bond motifs is 1. The van der Waals surface area contributed by atoms with Crippen molar-refractivity contribution < 1.29 is 12.8 Å². The van der Waals surface area contributed by atoms with Gasteiger partial charge in [-0.3, -0.25) is 0 Å². The average molecular weight is 423 g/mol. The van der Waals surface area contributed by atoms with E-state index in [0.29, 0.717) is 21.5 Å². The predicted octanol–water partition coefficient (Wildman–Crippen LogP) is 5.40. The van der Waals surface area contributed by atoms with E-state index in [-0.39, 0.29) is 21.0 Å². The quantitative estimate of drug-likeness (QED) is 0.443. The zero-order chi connectivity index (χ0) is 20.6. The van der Waals surface area contributed by atoms with Crippen LogP contribution in [-0.4, -0.2) is 13.4 Å². The zero-order valence-electron chi connectivity index (χ0n) is 14.8. The number of hydrogen-bond acceptors (Lipinski definition) is 4. The van der Waals surface area contributed by atoms with Gasteiger partial charge in [0.1, 0.15) is 5.82 Å². The number of benzene rings is 3. The van der Waals surface area contributed by atoms with E-state index in [1.54, 1.807) is 24.3 Å². The van der Waals surface area contributed by atoms with E-state index in [9.17, 15) is 12.8 Å². The van der Waals surface area contributed by atoms with Crippen molar-refractivity contribution in [3.05, 3.63) is 89.2 Å². The molecule has 0 atom stereocenters. The maximum Gasteiger partial charge on any atom is 0.208 e. The molecule has 1 aromatic heterocycles. The van der Waals surface area contributed by atoms with Crippen LogP contribution in [0.2, 0.25) is 5.02 Å². The molecule has 0 bridgehead atoms. The van der Waals surface area contributed by atoms with Gasteiger partial charge in [-0.1, -0.05) is 29.8 Å². The molecule has 142 valence electrons. The Morgan fingerprint density at radius 2 is 1.72 bits per heavy atom. The van der Waals surface area contributed by atoms with Gasteiger partial charge in [-0.2, -0.15) is 5.26 Å². The molecule has 4 aromatic rings. The Morgan fingerprint density at radius 3 is 2.45 bits per heavy atom. The summed E-state index contributed by atoms with van der Waals surface area (Å²) in [7, 11) is -4.03. The Balaban J connectivity index is 2.04. The van der Waals surface area contributed by atoms with Crippen molar-refractivity contribution in [2.75, 3.05) is 0 Å². The lowest BCUT2D eigenvalue weighted by Crippen LogP contribution is -2.06. The number of hydrogen-bond donors (Lipinski definition) is 0. The van der Waals surface area contributed by atoms with Crippen LogP contribution in [0.15, 0.2) is 82.6 Å². The van der Waals surface area contributed by atoms with E-state index < -0.39 is 15.7 Å². The topological polar surface area (TPSA) is 70.8 Å². The van der Waals surface area contributed by atoms with Crippen molar-refractivity contribution in [2.24, 2.45) is 0 Å². The highest BCUT2D eigenvalue weighted by atomic mass is 35.5. The van der Waals surface area contributed by atoms with Crippen LogP contribution in [0.1, 0.15) is 5.56 Å². The molecule has 3 aromatic carbocycles. The highest BCUT2D eigenvalue weighted by Crippen LogP contribution is 2.33. The molecule has 7 heteroatoms. The summed E-state index contributed by atoms with van der Waals surface area (Å²) in [6, 6.07) is 19.7. The number of rotatable bonds is 3. The minimum absolute atomic E-state index is 0.0377. The number of sulfone groups is 1. The summed E-state index contributed by atoms with van der Waals surface area (Å²) in [5.74, 6) is -0.492. The van der Waals surface area contributed by atoms with Crippen molar-refractivity contribution in [3.8, 4) is 17.3 Å². The lowest BCUT2D eigenvalue weighted by molar-refractivity contribution is 0.596. The molecule has 0 saturated carbocycles. The van der Waals surface area contributed by atoms with Gasteiger partial charge in [-0.25, -0.2) is 17.8 Å². The van der Waals surface area contributed by atoms with Gasteiger partial charge in [-0.05, 0) is 54.6 Å². The summed E-state index contributed by atoms with van der Waals surface area (Å²) in [5, 5.41) is 9.98. The molecule has 0 radical (unpaired) electrons. The van der Waals surface area contributed by atoms with E-state index in [4.69, 9.17) is 16.9 Å². The van der Waals surface area contributed by atoms with Crippen molar-refractivity contribution in [1.82, 2.24) is 4.98 Å². The summed E-state index contributed by atoms with van der Waals surface area (Å²) >= 11 is 5.96. The molecule has 0 aliphatic carbocycles. The predicted molar refractivity (Wildman–Crippen MR) is 109 cm³/mol. The maximum atomic E-state index is 13.7. The molecule has 0 aliphatic heterocycles. The minimum Gasteiger partial charge on any atom is -0.246 e. The normalized spacial score (nSPS) is 11.3. The Bertz CT molecular complexity index is 1400. The maximum absolute atomic E-state index is 13.7. The lowest BCUT2D eigenvalue weighted by atomic mass is 10.1. The van der Waals surface area contributed by atoms with E-state index in [1.165, 1.54) is 48.5 Å². The SMILES string of the molecule is N#Cc1cccc(S(=O)(=O)c2cc3cc(F)ccc3nc2-c2ccc(Cl)cc2)c1. The van der Waals surface area contributed by atoms with Crippen LogP contribution < -0.4 is 0 Å². The Labute approximate surface area is 171 Å². The van der Waals surface area contributed by atoms with E-state index in [1.807, 2.05) is 6.07 Å². The highest BCUT2D eigenvalue weighted by molar-refractivity contribution is 7.91. The molecule has 0 amide bonds. The number of aromatic nitrogens is 1. The Morgan fingerprint density at radius 1 is 0.966 bits per heavy atom. The van der Waals surface area contributed by atoms with Crippen molar-refractivity contribution >= 4 is 32.3 Å². The smallest absolute Gasteiger partial charge is 0.208 e. The number of nitrogens with zero attached hydrogens (tertiary/aromatic N) is 2. The van der Waals surface area contributed by atoms with Crippen LogP contribution in [0.4, 0.5) is 4.39 Å². The second kappa shape index (κ2) is 7.28. The van der Waals surface area contributed by atoms with Gasteiger partial charge in [0.15, 0.2) is 0 Å². The molecule has 4 nitrogen and oxygen atoms in total. The fourth-order valence-electron chi connectivity index (χ4n) is 3.01. The van der Waals surface area contributed by atoms with Gasteiger partial charge < -0.3 is 0 Å². The first-order chi connectivity index (χ1) is 13.9. The summed E-state index contributed by atoms with van der Waals surface area (Å²) in [5.41, 5.74) is 1.46. The molecule has 0 N–H and O–H groups in total. The first kappa shape index (κ1) is 19.1. The fourth-order valence-corrected chi connectivity index (χ4v) is 4.63. The third kappa shape index (κ3) is 3.58. The second-order valence-electron chi connectivity index (χ2n) is 6.32. The molecule has 0 spiro atoms. The number of halogens is 2. The molecule has 1 heterocycles. The van der Waals surface area contributed by atoms with Crippen molar-refractivity contribution in [2.45, 2.75) is 9.79 Å². The van der Waals surface area contributed by atoms with Gasteiger partial charge in [0.25, 0.3) is 0 Å². The second-order valence-corrected chi connectivity index (χ2v) is 8.68. The van der Waals surface area contributed by atoms with Crippen LogP contribution in [0.3, 0.4) is 0 Å². The first-order valence-corrected chi connectivity index (χ1v) is 10.4. The van der Waals surface area contributed by atoms with Gasteiger partial charge in [0.2, 0.25) is 9.84 Å². The fraction of sp³-hybridized carbons (Fsp3) is 0. The summed E-state index contributed by atoms with van der Waals surface area (Å²) < 4.78 is 40.6. The van der Waals surface area contributed by atoms with E-state index in [0.717, 1.165) is 0 Å². The molecule has 4 rings (SSSR count). The molecule has 0 aliphatic rings. The van der Waals surface area contributed by atoms with Gasteiger partial charge in [0.05, 0.1) is 32.6 Å². The Kier molecular flexibility index (Phi) is 4.79. The average Bonchev–Trinajstić information content (AvgIpc) is 2.73. The summed E-state index contributed by atoms with van der Waals surface area (Å²) in [6.07, 6.45) is 0. The highest BCUT2D eigenvalue weighted by Gasteiger charge is 2.24. The first-order valence-electron chi connectivity index (χ1n) is 8.50. The summed E-state index contributed by atoms with van der Waals surface area (Å²) in [6.45, 7) is 0. The standard InChI is InChI=1S/C22H12ClFN2O2S/c23-17-6-4-15(5-7-17)22-21(12-16-11-18(24)8-9-20(16)26-22)29(27,28)19-3-1-2-14(10-19)13-25/h1-12H. The van der Waals surface area contributed by atoms with Crippen molar-refractivity contribution in [3.63, 3.8) is 0 Å². The monoisotopic (exact) mass is 422 g/mol. The molecule has 0 saturated heterocycles. The van der Waals surface area contributed by atoms with Crippen LogP contribution >= 0.6 is 11.6 Å². The van der Waals surface area contributed by atoms with E-state index in [2.05, 4.69) is 4.98 Å². The minimum atomic E-state index is -4.03. The van der Waals surface area contributed by atoms with Crippen LogP contribution in [-0.2, 0) is 9.84 Å². The molecule has 29 heavy (non-hydrogen) atoms. The largest absolute Gasteiger partial charge is 0.246 e. The summed E-state index contributed by atoms with van der Waals surface area (Å²) in [4.78, 5) is 4.38. The number of nitriles is 1. The van der Waals surface area contributed by atoms with Gasteiger partial charge in [0, 0.05) is 16.0 Å². The zero-order valence-corrected chi connectivity index (χ0v) is 16.4. The Hall–Kier alpha value is -3.27. The molecule has 0 fully saturated rings. The third-order valence-corrected chi connectivity index (χ3v) is 6.44. The molecule has 0 unspecified atom stereocenters. The number of pyridine rings is 1. The van der Waals surface area contributed by atoms with Crippen LogP contribution in [0.25, 0.3) is 22.2 Å². The molecular weight excluding hydrogens is 411 g/mol. The van der Waals surface area contributed by atoms with Crippen LogP contribution in [0.5, 0.6) is 0 Å². The van der Waals surface area contributed by atoms with Gasteiger partial charge >= 0.3 is 0 Å². The third-order valence-electron chi connectivity index (χ3n) is 4.42. The lowest BCUT2D eigenvalue weighted by Gasteiger charge is -2.12. The molecular formula is C22H12ClFN2O2S. The van der Waals surface area contributed by atoms with E-state index >= 15 is 0 Å².